The molecule has 0 bridgehead atoms. The quantitative estimate of drug-likeness (QED) is 0.727. The fraction of sp³-hybridized carbons (Fsp3) is 0.409. The van der Waals surface area contributed by atoms with Crippen LogP contribution in [0.15, 0.2) is 36.7 Å². The molecule has 2 aromatic heterocycles. The zero-order chi connectivity index (χ0) is 20.0. The summed E-state index contributed by atoms with van der Waals surface area (Å²) in [6, 6.07) is 8.50. The highest BCUT2D eigenvalue weighted by Crippen LogP contribution is 2.43. The highest BCUT2D eigenvalue weighted by Gasteiger charge is 2.43. The average Bonchev–Trinajstić information content (AvgIpc) is 3.14. The van der Waals surface area contributed by atoms with Crippen LogP contribution in [0.2, 0.25) is 0 Å². The Balaban J connectivity index is 1.40. The first-order chi connectivity index (χ1) is 14.1. The number of nitrogens with zero attached hydrogens (tertiary/aromatic N) is 4. The third kappa shape index (κ3) is 2.97. The Morgan fingerprint density at radius 2 is 2.00 bits per heavy atom. The number of fused-ring (bicyclic) bond motifs is 4. The van der Waals surface area contributed by atoms with Crippen LogP contribution < -0.4 is 4.90 Å². The molecule has 5 rings (SSSR count). The topological polar surface area (TPSA) is 74.3 Å². The molecule has 3 aromatic rings. The molecule has 29 heavy (non-hydrogen) atoms. The summed E-state index contributed by atoms with van der Waals surface area (Å²) < 4.78 is 6.39. The van der Waals surface area contributed by atoms with Crippen molar-refractivity contribution in [3.8, 4) is 0 Å². The number of H-pyrrole nitrogens is 1. The predicted octanol–water partition coefficient (Wildman–Crippen LogP) is 2.73. The minimum Gasteiger partial charge on any atom is -0.368 e. The van der Waals surface area contributed by atoms with Gasteiger partial charge in [0.25, 0.3) is 5.91 Å². The Hall–Kier alpha value is -2.93. The zero-order valence-corrected chi connectivity index (χ0v) is 16.8. The van der Waals surface area contributed by atoms with Crippen LogP contribution in [0, 0.1) is 0 Å². The van der Waals surface area contributed by atoms with Gasteiger partial charge in [-0.05, 0) is 30.9 Å². The molecule has 1 spiro atoms. The minimum absolute atomic E-state index is 0.133. The standard InChI is InChI=1S/C22H25N5O2/c1-26(2)21(28)18-13-23-14-19(24-18)27-10-8-22(9-11-27)20-16(7-12-29-22)15-5-3-4-6-17(15)25-20/h3-6,13-14,25H,7-12H2,1-2H3. The summed E-state index contributed by atoms with van der Waals surface area (Å²) in [5.41, 5.74) is 3.93. The summed E-state index contributed by atoms with van der Waals surface area (Å²) in [6.07, 6.45) is 5.96. The van der Waals surface area contributed by atoms with Crippen LogP contribution in [0.3, 0.4) is 0 Å². The fourth-order valence-electron chi connectivity index (χ4n) is 4.60. The van der Waals surface area contributed by atoms with Gasteiger partial charge in [0.05, 0.1) is 24.7 Å². The number of amides is 1. The summed E-state index contributed by atoms with van der Waals surface area (Å²) in [5, 5.41) is 1.31. The lowest BCUT2D eigenvalue weighted by atomic mass is 9.83. The highest BCUT2D eigenvalue weighted by atomic mass is 16.5. The molecule has 1 fully saturated rings. The van der Waals surface area contributed by atoms with Crippen molar-refractivity contribution in [3.05, 3.63) is 53.6 Å². The Kier molecular flexibility index (Phi) is 4.28. The maximum atomic E-state index is 12.2. The van der Waals surface area contributed by atoms with E-state index in [0.717, 1.165) is 44.8 Å². The molecule has 1 N–H and O–H groups in total. The van der Waals surface area contributed by atoms with E-state index in [-0.39, 0.29) is 11.5 Å². The van der Waals surface area contributed by atoms with Crippen LogP contribution in [-0.2, 0) is 16.8 Å². The molecule has 4 heterocycles. The zero-order valence-electron chi connectivity index (χ0n) is 16.8. The van der Waals surface area contributed by atoms with Gasteiger partial charge in [0.15, 0.2) is 0 Å². The van der Waals surface area contributed by atoms with Crippen LogP contribution in [-0.4, -0.2) is 59.6 Å². The van der Waals surface area contributed by atoms with Crippen molar-refractivity contribution < 1.29 is 9.53 Å². The number of piperidine rings is 1. The molecular formula is C22H25N5O2. The van der Waals surface area contributed by atoms with Crippen LogP contribution in [0.25, 0.3) is 10.9 Å². The Bertz CT molecular complexity index is 1070. The molecular weight excluding hydrogens is 366 g/mol. The van der Waals surface area contributed by atoms with Gasteiger partial charge in [-0.15, -0.1) is 0 Å². The van der Waals surface area contributed by atoms with Crippen molar-refractivity contribution in [2.75, 3.05) is 38.7 Å². The number of anilines is 1. The van der Waals surface area contributed by atoms with Crippen LogP contribution >= 0.6 is 0 Å². The number of aromatic nitrogens is 3. The number of aromatic amines is 1. The van der Waals surface area contributed by atoms with E-state index in [0.29, 0.717) is 5.69 Å². The summed E-state index contributed by atoms with van der Waals surface area (Å²) in [7, 11) is 3.44. The monoisotopic (exact) mass is 391 g/mol. The third-order valence-electron chi connectivity index (χ3n) is 6.14. The number of nitrogens with one attached hydrogen (secondary N) is 1. The molecule has 0 unspecified atom stereocenters. The average molecular weight is 391 g/mol. The molecule has 1 amide bonds. The number of para-hydroxylation sites is 1. The number of carbonyl (C=O) groups is 1. The van der Waals surface area contributed by atoms with Crippen molar-refractivity contribution in [2.45, 2.75) is 24.9 Å². The molecule has 7 nitrogen and oxygen atoms in total. The summed E-state index contributed by atoms with van der Waals surface area (Å²) >= 11 is 0. The van der Waals surface area contributed by atoms with Gasteiger partial charge in [-0.25, -0.2) is 4.98 Å². The molecule has 1 aromatic carbocycles. The van der Waals surface area contributed by atoms with Gasteiger partial charge in [-0.2, -0.15) is 0 Å². The summed E-state index contributed by atoms with van der Waals surface area (Å²) in [4.78, 5) is 28.4. The second-order valence-electron chi connectivity index (χ2n) is 8.07. The van der Waals surface area contributed by atoms with Crippen LogP contribution in [0.5, 0.6) is 0 Å². The lowest BCUT2D eigenvalue weighted by Crippen LogP contribution is -2.47. The van der Waals surface area contributed by atoms with Crippen molar-refractivity contribution in [2.24, 2.45) is 0 Å². The smallest absolute Gasteiger partial charge is 0.273 e. The predicted molar refractivity (Wildman–Crippen MR) is 111 cm³/mol. The van der Waals surface area contributed by atoms with Gasteiger partial charge in [0.1, 0.15) is 17.1 Å². The van der Waals surface area contributed by atoms with E-state index in [1.54, 1.807) is 20.3 Å². The third-order valence-corrected chi connectivity index (χ3v) is 6.14. The minimum atomic E-state index is -0.270. The van der Waals surface area contributed by atoms with E-state index in [1.807, 2.05) is 0 Å². The van der Waals surface area contributed by atoms with Gasteiger partial charge in [0.2, 0.25) is 0 Å². The lowest BCUT2D eigenvalue weighted by Gasteiger charge is -2.44. The van der Waals surface area contributed by atoms with Gasteiger partial charge >= 0.3 is 0 Å². The van der Waals surface area contributed by atoms with E-state index in [1.165, 1.54) is 33.3 Å². The molecule has 2 aliphatic rings. The van der Waals surface area contributed by atoms with E-state index in [9.17, 15) is 4.79 Å². The van der Waals surface area contributed by atoms with Gasteiger partial charge in [-0.3, -0.25) is 9.78 Å². The van der Waals surface area contributed by atoms with Crippen molar-refractivity contribution in [1.82, 2.24) is 19.9 Å². The number of hydrogen-bond donors (Lipinski definition) is 1. The van der Waals surface area contributed by atoms with Crippen molar-refractivity contribution >= 4 is 22.6 Å². The van der Waals surface area contributed by atoms with Gasteiger partial charge in [-0.1, -0.05) is 18.2 Å². The molecule has 2 aliphatic heterocycles. The van der Waals surface area contributed by atoms with Crippen LogP contribution in [0.1, 0.15) is 34.6 Å². The van der Waals surface area contributed by atoms with E-state index < -0.39 is 0 Å². The first kappa shape index (κ1) is 18.1. The number of ether oxygens (including phenoxy) is 1. The van der Waals surface area contributed by atoms with Crippen LogP contribution in [0.4, 0.5) is 5.82 Å². The summed E-state index contributed by atoms with van der Waals surface area (Å²) in [6.45, 7) is 2.37. The lowest BCUT2D eigenvalue weighted by molar-refractivity contribution is -0.0791. The largest absolute Gasteiger partial charge is 0.368 e. The highest BCUT2D eigenvalue weighted by molar-refractivity contribution is 5.92. The maximum absolute atomic E-state index is 12.2. The first-order valence-corrected chi connectivity index (χ1v) is 10.1. The number of benzene rings is 1. The maximum Gasteiger partial charge on any atom is 0.273 e. The fourth-order valence-corrected chi connectivity index (χ4v) is 4.60. The van der Waals surface area contributed by atoms with Crippen molar-refractivity contribution in [1.29, 1.82) is 0 Å². The summed E-state index contributed by atoms with van der Waals surface area (Å²) in [5.74, 6) is 0.617. The SMILES string of the molecule is CN(C)C(=O)c1cncc(N2CCC3(CC2)OCCc2c3[nH]c3ccccc23)n1. The number of hydrogen-bond acceptors (Lipinski definition) is 5. The molecule has 150 valence electrons. The van der Waals surface area contributed by atoms with E-state index in [2.05, 4.69) is 44.1 Å². The molecule has 0 saturated carbocycles. The molecule has 0 aliphatic carbocycles. The first-order valence-electron chi connectivity index (χ1n) is 10.1. The Labute approximate surface area is 169 Å². The molecule has 0 radical (unpaired) electrons. The second-order valence-corrected chi connectivity index (χ2v) is 8.07. The Morgan fingerprint density at radius 1 is 1.21 bits per heavy atom. The Morgan fingerprint density at radius 3 is 2.79 bits per heavy atom. The molecule has 0 atom stereocenters. The molecule has 1 saturated heterocycles. The van der Waals surface area contributed by atoms with Crippen molar-refractivity contribution in [3.63, 3.8) is 0 Å². The second kappa shape index (κ2) is 6.84. The number of rotatable bonds is 2. The van der Waals surface area contributed by atoms with Gasteiger partial charge < -0.3 is 19.5 Å². The normalized spacial score (nSPS) is 18.1. The van der Waals surface area contributed by atoms with E-state index >= 15 is 0 Å². The van der Waals surface area contributed by atoms with E-state index in [4.69, 9.17) is 4.74 Å². The number of carbonyl (C=O) groups excluding carboxylic acids is 1. The molecule has 7 heteroatoms. The van der Waals surface area contributed by atoms with Gasteiger partial charge in [0, 0.05) is 38.1 Å².